The largest absolute Gasteiger partial charge is 0.480 e. The van der Waals surface area contributed by atoms with Crippen molar-refractivity contribution in [3.8, 4) is 0 Å². The molecule has 1 heterocycles. The minimum Gasteiger partial charge on any atom is -0.480 e. The fourth-order valence-corrected chi connectivity index (χ4v) is 3.76. The number of nitrogens with zero attached hydrogens (tertiary/aromatic N) is 1. The summed E-state index contributed by atoms with van der Waals surface area (Å²) in [5.74, 6) is -1.52. The number of aliphatic carboxylic acids is 1. The highest BCUT2D eigenvalue weighted by atomic mass is 32.2. The molecule has 0 bridgehead atoms. The molecule has 0 radical (unpaired) electrons. The molecule has 6 heteroatoms. The van der Waals surface area contributed by atoms with Gasteiger partial charge in [0.15, 0.2) is 0 Å². The van der Waals surface area contributed by atoms with Gasteiger partial charge in [0.25, 0.3) is 5.91 Å². The van der Waals surface area contributed by atoms with Gasteiger partial charge < -0.3 is 5.11 Å². The predicted octanol–water partition coefficient (Wildman–Crippen LogP) is 3.70. The number of benzene rings is 1. The molecule has 122 valence electrons. The molecular weight excluding hydrogens is 330 g/mol. The van der Waals surface area contributed by atoms with Crippen molar-refractivity contribution in [2.24, 2.45) is 5.92 Å². The number of thioether (sulfide) groups is 1. The Labute approximate surface area is 145 Å². The maximum atomic E-state index is 12.7. The molecule has 23 heavy (non-hydrogen) atoms. The van der Waals surface area contributed by atoms with Crippen molar-refractivity contribution >= 4 is 46.3 Å². The molecule has 1 N–H and O–H groups in total. The first kappa shape index (κ1) is 17.7. The third-order valence-corrected chi connectivity index (χ3v) is 5.34. The first-order valence-corrected chi connectivity index (χ1v) is 8.64. The average Bonchev–Trinajstić information content (AvgIpc) is 2.77. The van der Waals surface area contributed by atoms with Crippen molar-refractivity contribution < 1.29 is 14.7 Å². The highest BCUT2D eigenvalue weighted by molar-refractivity contribution is 8.26. The third kappa shape index (κ3) is 3.64. The van der Waals surface area contributed by atoms with E-state index in [0.717, 1.165) is 22.9 Å². The maximum absolute atomic E-state index is 12.7. The number of carboxylic acids is 1. The van der Waals surface area contributed by atoms with Crippen LogP contribution < -0.4 is 0 Å². The Bertz CT molecular complexity index is 684. The van der Waals surface area contributed by atoms with E-state index in [-0.39, 0.29) is 11.8 Å². The molecule has 1 amide bonds. The molecule has 2 rings (SSSR count). The minimum absolute atomic E-state index is 0.173. The van der Waals surface area contributed by atoms with Crippen molar-refractivity contribution in [2.45, 2.75) is 33.2 Å². The van der Waals surface area contributed by atoms with Crippen LogP contribution in [0.2, 0.25) is 0 Å². The van der Waals surface area contributed by atoms with Gasteiger partial charge in [-0.25, -0.2) is 4.79 Å². The van der Waals surface area contributed by atoms with Crippen molar-refractivity contribution in [3.63, 3.8) is 0 Å². The van der Waals surface area contributed by atoms with Gasteiger partial charge in [-0.2, -0.15) is 0 Å². The van der Waals surface area contributed by atoms with Crippen LogP contribution >= 0.6 is 24.0 Å². The second kappa shape index (κ2) is 7.27. The van der Waals surface area contributed by atoms with Crippen LogP contribution in [0.1, 0.15) is 31.4 Å². The zero-order valence-electron chi connectivity index (χ0n) is 13.3. The predicted molar refractivity (Wildman–Crippen MR) is 97.1 cm³/mol. The summed E-state index contributed by atoms with van der Waals surface area (Å²) in [6, 6.07) is 6.80. The summed E-state index contributed by atoms with van der Waals surface area (Å²) in [7, 11) is 0. The molecule has 0 aromatic heterocycles. The summed E-state index contributed by atoms with van der Waals surface area (Å²) in [5, 5.41) is 9.51. The van der Waals surface area contributed by atoms with Crippen molar-refractivity contribution in [2.75, 3.05) is 0 Å². The maximum Gasteiger partial charge on any atom is 0.327 e. The fourth-order valence-electron chi connectivity index (χ4n) is 2.44. The molecule has 0 spiro atoms. The van der Waals surface area contributed by atoms with Gasteiger partial charge in [0.2, 0.25) is 0 Å². The van der Waals surface area contributed by atoms with Gasteiger partial charge in [0, 0.05) is 0 Å². The Kier molecular flexibility index (Phi) is 5.59. The number of hydrogen-bond acceptors (Lipinski definition) is 4. The number of carboxylic acid groups (broad SMARTS) is 1. The van der Waals surface area contributed by atoms with Crippen molar-refractivity contribution in [3.05, 3.63) is 40.3 Å². The minimum atomic E-state index is -1.02. The number of aryl methyl sites for hydroxylation is 1. The van der Waals surface area contributed by atoms with E-state index in [1.807, 2.05) is 45.0 Å². The molecule has 1 aromatic rings. The molecule has 0 unspecified atom stereocenters. The Balaban J connectivity index is 2.36. The van der Waals surface area contributed by atoms with Gasteiger partial charge in [-0.3, -0.25) is 9.69 Å². The van der Waals surface area contributed by atoms with E-state index < -0.39 is 12.0 Å². The van der Waals surface area contributed by atoms with Crippen LogP contribution in [0.5, 0.6) is 0 Å². The van der Waals surface area contributed by atoms with Gasteiger partial charge in [0.1, 0.15) is 10.4 Å². The SMILES string of the molecule is CC[C@@H](C)[C@@H](C(=O)O)N1C(=O)/C(=C/c2ccccc2C)SC1=S. The number of rotatable bonds is 5. The van der Waals surface area contributed by atoms with Gasteiger partial charge >= 0.3 is 5.97 Å². The second-order valence-electron chi connectivity index (χ2n) is 5.58. The molecule has 1 saturated heterocycles. The van der Waals surface area contributed by atoms with Gasteiger partial charge in [0.05, 0.1) is 4.91 Å². The molecular formula is C17H19NO3S2. The highest BCUT2D eigenvalue weighted by Crippen LogP contribution is 2.36. The van der Waals surface area contributed by atoms with E-state index in [1.165, 1.54) is 4.90 Å². The molecule has 1 aliphatic rings. The smallest absolute Gasteiger partial charge is 0.327 e. The lowest BCUT2D eigenvalue weighted by Crippen LogP contribution is -2.47. The third-order valence-electron chi connectivity index (χ3n) is 4.01. The summed E-state index contributed by atoms with van der Waals surface area (Å²) in [5.41, 5.74) is 1.98. The summed E-state index contributed by atoms with van der Waals surface area (Å²) in [4.78, 5) is 26.0. The molecule has 1 fully saturated rings. The van der Waals surface area contributed by atoms with E-state index in [1.54, 1.807) is 6.08 Å². The zero-order chi connectivity index (χ0) is 17.1. The Morgan fingerprint density at radius 3 is 2.65 bits per heavy atom. The average molecular weight is 349 g/mol. The normalized spacial score (nSPS) is 19.3. The first-order valence-electron chi connectivity index (χ1n) is 7.42. The number of thiocarbonyl (C=S) groups is 1. The number of carbonyl (C=O) groups excluding carboxylic acids is 1. The quantitative estimate of drug-likeness (QED) is 0.649. The topological polar surface area (TPSA) is 57.6 Å². The van der Waals surface area contributed by atoms with E-state index in [2.05, 4.69) is 0 Å². The van der Waals surface area contributed by atoms with Crippen LogP contribution in [0.4, 0.5) is 0 Å². The zero-order valence-corrected chi connectivity index (χ0v) is 14.9. The van der Waals surface area contributed by atoms with Crippen LogP contribution in [0.3, 0.4) is 0 Å². The molecule has 2 atom stereocenters. The summed E-state index contributed by atoms with van der Waals surface area (Å²) in [6.07, 6.45) is 2.44. The second-order valence-corrected chi connectivity index (χ2v) is 7.25. The monoisotopic (exact) mass is 349 g/mol. The van der Waals surface area contributed by atoms with E-state index in [9.17, 15) is 14.7 Å². The molecule has 0 aliphatic carbocycles. The van der Waals surface area contributed by atoms with Crippen LogP contribution in [-0.4, -0.2) is 32.2 Å². The standard InChI is InChI=1S/C17H19NO3S2/c1-4-10(2)14(16(20)21)18-15(19)13(23-17(18)22)9-12-8-6-5-7-11(12)3/h5-10,14H,4H2,1-3H3,(H,20,21)/b13-9-/t10-,14+/m1/s1. The lowest BCUT2D eigenvalue weighted by molar-refractivity contribution is -0.147. The number of carbonyl (C=O) groups is 2. The van der Waals surface area contributed by atoms with Crippen molar-refractivity contribution in [1.82, 2.24) is 4.90 Å². The van der Waals surface area contributed by atoms with E-state index >= 15 is 0 Å². The van der Waals surface area contributed by atoms with Crippen LogP contribution in [0.25, 0.3) is 6.08 Å². The fraction of sp³-hybridized carbons (Fsp3) is 0.353. The number of hydrogen-bond donors (Lipinski definition) is 1. The highest BCUT2D eigenvalue weighted by Gasteiger charge is 2.42. The molecule has 1 aromatic carbocycles. The Hall–Kier alpha value is -1.66. The van der Waals surface area contributed by atoms with Crippen LogP contribution in [0.15, 0.2) is 29.2 Å². The summed E-state index contributed by atoms with van der Waals surface area (Å²) >= 11 is 6.43. The lowest BCUT2D eigenvalue weighted by Gasteiger charge is -2.27. The van der Waals surface area contributed by atoms with Crippen LogP contribution in [-0.2, 0) is 9.59 Å². The van der Waals surface area contributed by atoms with E-state index in [4.69, 9.17) is 12.2 Å². The molecule has 4 nitrogen and oxygen atoms in total. The number of amides is 1. The van der Waals surface area contributed by atoms with Gasteiger partial charge in [-0.15, -0.1) is 0 Å². The molecule has 1 aliphatic heterocycles. The summed E-state index contributed by atoms with van der Waals surface area (Å²) < 4.78 is 0.308. The van der Waals surface area contributed by atoms with E-state index in [0.29, 0.717) is 15.6 Å². The van der Waals surface area contributed by atoms with Gasteiger partial charge in [-0.1, -0.05) is 68.5 Å². The Morgan fingerprint density at radius 1 is 1.43 bits per heavy atom. The molecule has 0 saturated carbocycles. The first-order chi connectivity index (χ1) is 10.9. The summed E-state index contributed by atoms with van der Waals surface area (Å²) in [6.45, 7) is 5.69. The van der Waals surface area contributed by atoms with Gasteiger partial charge in [-0.05, 0) is 30.0 Å². The Morgan fingerprint density at radius 2 is 2.09 bits per heavy atom. The van der Waals surface area contributed by atoms with Crippen LogP contribution in [0, 0.1) is 12.8 Å². The van der Waals surface area contributed by atoms with Crippen molar-refractivity contribution in [1.29, 1.82) is 0 Å². The lowest BCUT2D eigenvalue weighted by atomic mass is 9.98.